The molecule has 1 rings (SSSR count). The van der Waals surface area contributed by atoms with Gasteiger partial charge in [-0.15, -0.1) is 0 Å². The van der Waals surface area contributed by atoms with Crippen molar-refractivity contribution in [1.82, 2.24) is 0 Å². The molecular formula is C24H46O5. The third kappa shape index (κ3) is 13.7. The van der Waals surface area contributed by atoms with Gasteiger partial charge in [0.2, 0.25) is 0 Å². The zero-order chi connectivity index (χ0) is 21.7. The SMILES string of the molecule is CCCCCCCCCCCC(C[C@@H]1OC(=O)[C@H]1CCCCCC)OC=O.CO. The van der Waals surface area contributed by atoms with Gasteiger partial charge in [0, 0.05) is 13.5 Å². The quantitative estimate of drug-likeness (QED) is 0.160. The van der Waals surface area contributed by atoms with Crippen LogP contribution in [0.4, 0.5) is 0 Å². The third-order valence-corrected chi connectivity index (χ3v) is 5.76. The Kier molecular flexibility index (Phi) is 19.4. The summed E-state index contributed by atoms with van der Waals surface area (Å²) in [4.78, 5) is 22.6. The summed E-state index contributed by atoms with van der Waals surface area (Å²) >= 11 is 0. The molecule has 0 saturated carbocycles. The summed E-state index contributed by atoms with van der Waals surface area (Å²) in [6.07, 6.45) is 18.6. The number of carbonyl (C=O) groups excluding carboxylic acids is 2. The van der Waals surface area contributed by atoms with Crippen LogP contribution in [-0.4, -0.2) is 36.9 Å². The smallest absolute Gasteiger partial charge is 0.313 e. The molecule has 0 aromatic heterocycles. The first-order valence-electron chi connectivity index (χ1n) is 12.0. The number of cyclic esters (lactones) is 1. The molecule has 1 saturated heterocycles. The van der Waals surface area contributed by atoms with Crippen LogP contribution in [0, 0.1) is 5.92 Å². The van der Waals surface area contributed by atoms with Crippen molar-refractivity contribution in [2.75, 3.05) is 7.11 Å². The first-order valence-corrected chi connectivity index (χ1v) is 12.0. The Balaban J connectivity index is 0.00000379. The van der Waals surface area contributed by atoms with Crippen LogP contribution in [0.5, 0.6) is 0 Å². The summed E-state index contributed by atoms with van der Waals surface area (Å²) in [5, 5.41) is 7.00. The van der Waals surface area contributed by atoms with Gasteiger partial charge in [-0.25, -0.2) is 0 Å². The molecule has 0 aromatic rings. The predicted molar refractivity (Wildman–Crippen MR) is 118 cm³/mol. The van der Waals surface area contributed by atoms with Gasteiger partial charge < -0.3 is 14.6 Å². The normalized spacial score (nSPS) is 18.8. The van der Waals surface area contributed by atoms with Gasteiger partial charge >= 0.3 is 5.97 Å². The minimum atomic E-state index is -0.108. The molecule has 1 fully saturated rings. The van der Waals surface area contributed by atoms with Gasteiger partial charge in [-0.1, -0.05) is 90.9 Å². The summed E-state index contributed by atoms with van der Waals surface area (Å²) in [5.41, 5.74) is 0. The Bertz CT molecular complexity index is 385. The lowest BCUT2D eigenvalue weighted by atomic mass is 9.86. The summed E-state index contributed by atoms with van der Waals surface area (Å²) in [6.45, 7) is 4.99. The molecule has 0 radical (unpaired) electrons. The van der Waals surface area contributed by atoms with E-state index in [1.54, 1.807) is 0 Å². The molecule has 0 spiro atoms. The van der Waals surface area contributed by atoms with E-state index < -0.39 is 0 Å². The zero-order valence-corrected chi connectivity index (χ0v) is 19.2. The summed E-state index contributed by atoms with van der Waals surface area (Å²) in [6, 6.07) is 0. The minimum Gasteiger partial charge on any atom is -0.464 e. The lowest BCUT2D eigenvalue weighted by Gasteiger charge is -2.37. The maximum atomic E-state index is 11.7. The topological polar surface area (TPSA) is 72.8 Å². The average molecular weight is 415 g/mol. The van der Waals surface area contributed by atoms with E-state index in [-0.39, 0.29) is 24.1 Å². The van der Waals surface area contributed by atoms with Crippen molar-refractivity contribution in [3.05, 3.63) is 0 Å². The van der Waals surface area contributed by atoms with Gasteiger partial charge in [0.05, 0.1) is 5.92 Å². The van der Waals surface area contributed by atoms with Crippen molar-refractivity contribution < 1.29 is 24.2 Å². The fourth-order valence-corrected chi connectivity index (χ4v) is 3.97. The Morgan fingerprint density at radius 2 is 1.41 bits per heavy atom. The van der Waals surface area contributed by atoms with Gasteiger partial charge in [-0.05, 0) is 19.3 Å². The van der Waals surface area contributed by atoms with Crippen molar-refractivity contribution in [3.8, 4) is 0 Å². The highest BCUT2D eigenvalue weighted by atomic mass is 16.6. The highest BCUT2D eigenvalue weighted by Gasteiger charge is 2.42. The number of esters is 1. The molecule has 0 aliphatic carbocycles. The van der Waals surface area contributed by atoms with Crippen molar-refractivity contribution in [1.29, 1.82) is 0 Å². The van der Waals surface area contributed by atoms with Crippen LogP contribution in [0.2, 0.25) is 0 Å². The fourth-order valence-electron chi connectivity index (χ4n) is 3.97. The predicted octanol–water partition coefficient (Wildman–Crippen LogP) is 5.96. The monoisotopic (exact) mass is 414 g/mol. The number of aliphatic hydroxyl groups is 1. The van der Waals surface area contributed by atoms with Gasteiger partial charge in [0.25, 0.3) is 6.47 Å². The number of ether oxygens (including phenoxy) is 2. The van der Waals surface area contributed by atoms with E-state index in [1.807, 2.05) is 0 Å². The molecule has 1 aliphatic rings. The molecule has 172 valence electrons. The number of hydrogen-bond donors (Lipinski definition) is 1. The van der Waals surface area contributed by atoms with Crippen LogP contribution in [-0.2, 0) is 19.1 Å². The molecule has 0 aromatic carbocycles. The number of carbonyl (C=O) groups is 2. The standard InChI is InChI=1S/C23H42O4.CH4O/c1-3-5-7-9-10-11-12-13-14-16-20(26-19-24)18-22-21(23(25)27-22)17-15-8-6-4-2;1-2/h19-22H,3-18H2,1-2H3;2H,1H3/t20?,21-,22-;/m0./s1. The summed E-state index contributed by atoms with van der Waals surface area (Å²) in [7, 11) is 1.00. The lowest BCUT2D eigenvalue weighted by Crippen LogP contribution is -2.47. The Morgan fingerprint density at radius 1 is 0.897 bits per heavy atom. The van der Waals surface area contributed by atoms with E-state index in [4.69, 9.17) is 14.6 Å². The van der Waals surface area contributed by atoms with Gasteiger partial charge in [-0.2, -0.15) is 0 Å². The van der Waals surface area contributed by atoms with Crippen LogP contribution in [0.15, 0.2) is 0 Å². The first-order chi connectivity index (χ1) is 14.2. The second-order valence-corrected chi connectivity index (χ2v) is 8.14. The van der Waals surface area contributed by atoms with E-state index in [9.17, 15) is 9.59 Å². The summed E-state index contributed by atoms with van der Waals surface area (Å²) < 4.78 is 10.6. The van der Waals surface area contributed by atoms with E-state index in [1.165, 1.54) is 70.6 Å². The highest BCUT2D eigenvalue weighted by molar-refractivity contribution is 5.78. The molecular weight excluding hydrogens is 368 g/mol. The van der Waals surface area contributed by atoms with Crippen LogP contribution in [0.25, 0.3) is 0 Å². The molecule has 5 heteroatoms. The number of hydrogen-bond acceptors (Lipinski definition) is 5. The Labute approximate surface area is 178 Å². The number of unbranched alkanes of at least 4 members (excludes halogenated alkanes) is 11. The first kappa shape index (κ1) is 27.9. The van der Waals surface area contributed by atoms with Crippen LogP contribution < -0.4 is 0 Å². The van der Waals surface area contributed by atoms with Gasteiger partial charge in [-0.3, -0.25) is 9.59 Å². The lowest BCUT2D eigenvalue weighted by molar-refractivity contribution is -0.189. The molecule has 3 atom stereocenters. The second kappa shape index (κ2) is 20.2. The highest BCUT2D eigenvalue weighted by Crippen LogP contribution is 2.32. The van der Waals surface area contributed by atoms with E-state index in [2.05, 4.69) is 13.8 Å². The number of rotatable bonds is 19. The van der Waals surface area contributed by atoms with E-state index >= 15 is 0 Å². The summed E-state index contributed by atoms with van der Waals surface area (Å²) in [5.74, 6) is -0.0489. The molecule has 29 heavy (non-hydrogen) atoms. The molecule has 1 heterocycles. The van der Waals surface area contributed by atoms with E-state index in [0.717, 1.165) is 32.8 Å². The van der Waals surface area contributed by atoms with Crippen LogP contribution >= 0.6 is 0 Å². The van der Waals surface area contributed by atoms with Crippen LogP contribution in [0.1, 0.15) is 117 Å². The average Bonchev–Trinajstić information content (AvgIpc) is 2.73. The number of aliphatic hydroxyl groups excluding tert-OH is 1. The van der Waals surface area contributed by atoms with Crippen LogP contribution in [0.3, 0.4) is 0 Å². The Hall–Kier alpha value is -1.10. The second-order valence-electron chi connectivity index (χ2n) is 8.14. The van der Waals surface area contributed by atoms with E-state index in [0.29, 0.717) is 12.9 Å². The molecule has 0 amide bonds. The molecule has 1 N–H and O–H groups in total. The Morgan fingerprint density at radius 3 is 1.93 bits per heavy atom. The molecule has 1 aliphatic heterocycles. The maximum absolute atomic E-state index is 11.7. The maximum Gasteiger partial charge on any atom is 0.313 e. The van der Waals surface area contributed by atoms with Gasteiger partial charge in [0.15, 0.2) is 0 Å². The van der Waals surface area contributed by atoms with Crippen molar-refractivity contribution in [2.45, 2.75) is 129 Å². The molecule has 0 bridgehead atoms. The van der Waals surface area contributed by atoms with Crippen molar-refractivity contribution in [3.63, 3.8) is 0 Å². The third-order valence-electron chi connectivity index (χ3n) is 5.76. The molecule has 5 nitrogen and oxygen atoms in total. The van der Waals surface area contributed by atoms with Crippen molar-refractivity contribution in [2.24, 2.45) is 5.92 Å². The molecule has 1 unspecified atom stereocenters. The van der Waals surface area contributed by atoms with Gasteiger partial charge in [0.1, 0.15) is 12.2 Å². The zero-order valence-electron chi connectivity index (χ0n) is 19.2. The minimum absolute atomic E-state index is 0.0164. The van der Waals surface area contributed by atoms with Crippen molar-refractivity contribution >= 4 is 12.4 Å². The largest absolute Gasteiger partial charge is 0.464 e. The fraction of sp³-hybridized carbons (Fsp3) is 0.917.